The normalized spacial score (nSPS) is 16.1. The number of ether oxygens (including phenoxy) is 3. The second-order valence-electron chi connectivity index (χ2n) is 6.55. The van der Waals surface area contributed by atoms with E-state index in [-0.39, 0.29) is 19.5 Å². The minimum Gasteiger partial charge on any atom is -0.480 e. The second-order valence-corrected chi connectivity index (χ2v) is 6.55. The number of amides is 1. The summed E-state index contributed by atoms with van der Waals surface area (Å²) in [5.74, 6) is -5.10. The summed E-state index contributed by atoms with van der Waals surface area (Å²) in [5.41, 5.74) is 11.6. The summed E-state index contributed by atoms with van der Waals surface area (Å²) < 4.78 is 14.7. The van der Waals surface area contributed by atoms with E-state index < -0.39 is 47.9 Å². The molecule has 0 radical (unpaired) electrons. The molecule has 12 heteroatoms. The Kier molecular flexibility index (Phi) is 7.44. The average Bonchev–Trinajstić information content (AvgIpc) is 3.17. The number of hydrogen-bond acceptors (Lipinski definition) is 10. The number of aldehydes is 1. The predicted octanol–water partition coefficient (Wildman–Crippen LogP) is -1.91. The summed E-state index contributed by atoms with van der Waals surface area (Å²) >= 11 is 0. The number of hydrogen-bond donors (Lipinski definition) is 4. The Morgan fingerprint density at radius 3 is 2.53 bits per heavy atom. The van der Waals surface area contributed by atoms with E-state index in [9.17, 15) is 29.1 Å². The summed E-state index contributed by atoms with van der Waals surface area (Å²) in [6, 6.07) is 0.601. The van der Waals surface area contributed by atoms with Gasteiger partial charge in [-0.2, -0.15) is 0 Å². The molecule has 12 nitrogen and oxygen atoms in total. The summed E-state index contributed by atoms with van der Waals surface area (Å²) in [5, 5.41) is 12.2. The molecule has 0 spiro atoms. The fourth-order valence-corrected chi connectivity index (χ4v) is 2.83. The zero-order chi connectivity index (χ0) is 22.4. The molecule has 4 atom stereocenters. The molecule has 1 amide bonds. The van der Waals surface area contributed by atoms with E-state index in [0.29, 0.717) is 17.1 Å². The topological polar surface area (TPSA) is 197 Å². The number of benzene rings is 1. The van der Waals surface area contributed by atoms with Crippen LogP contribution in [0.4, 0.5) is 0 Å². The van der Waals surface area contributed by atoms with E-state index in [2.05, 4.69) is 10.1 Å². The van der Waals surface area contributed by atoms with Gasteiger partial charge in [0.25, 0.3) is 0 Å². The van der Waals surface area contributed by atoms with Gasteiger partial charge >= 0.3 is 17.9 Å². The van der Waals surface area contributed by atoms with E-state index in [1.165, 1.54) is 6.92 Å². The third-order valence-corrected chi connectivity index (χ3v) is 4.51. The van der Waals surface area contributed by atoms with Crippen molar-refractivity contribution in [1.29, 1.82) is 0 Å². The van der Waals surface area contributed by atoms with E-state index in [1.54, 1.807) is 18.2 Å². The molecular formula is C18H21N3O9. The number of aliphatic carboxylic acids is 1. The molecule has 1 heterocycles. The van der Waals surface area contributed by atoms with Gasteiger partial charge in [0.2, 0.25) is 19.0 Å². The highest BCUT2D eigenvalue weighted by Gasteiger charge is 2.37. The lowest BCUT2D eigenvalue weighted by molar-refractivity contribution is -0.163. The summed E-state index contributed by atoms with van der Waals surface area (Å²) in [7, 11) is 0. The maximum absolute atomic E-state index is 12.0. The molecule has 1 aromatic rings. The molecule has 2 rings (SSSR count). The number of carbonyl (C=O) groups is 5. The van der Waals surface area contributed by atoms with Crippen molar-refractivity contribution >= 4 is 30.1 Å². The molecule has 0 bridgehead atoms. The lowest BCUT2D eigenvalue weighted by atomic mass is 9.92. The molecule has 3 unspecified atom stereocenters. The number of nitrogens with two attached hydrogens (primary N) is 2. The first-order valence-corrected chi connectivity index (χ1v) is 8.77. The van der Waals surface area contributed by atoms with Gasteiger partial charge in [-0.15, -0.1) is 0 Å². The second kappa shape index (κ2) is 9.80. The Bertz CT molecular complexity index is 857. The molecule has 0 saturated carbocycles. The van der Waals surface area contributed by atoms with Gasteiger partial charge in [0.05, 0.1) is 5.92 Å². The van der Waals surface area contributed by atoms with E-state index in [4.69, 9.17) is 20.9 Å². The number of esters is 2. The molecular weight excluding hydrogens is 402 g/mol. The zero-order valence-corrected chi connectivity index (χ0v) is 15.9. The average molecular weight is 423 g/mol. The molecule has 1 aromatic carbocycles. The number of rotatable bonds is 10. The van der Waals surface area contributed by atoms with Crippen LogP contribution in [0, 0.1) is 5.92 Å². The smallest absolute Gasteiger partial charge is 0.378 e. The van der Waals surface area contributed by atoms with E-state index in [0.717, 1.165) is 0 Å². The summed E-state index contributed by atoms with van der Waals surface area (Å²) in [4.78, 5) is 56.9. The van der Waals surface area contributed by atoms with Crippen LogP contribution in [0.2, 0.25) is 0 Å². The van der Waals surface area contributed by atoms with Gasteiger partial charge in [0.15, 0.2) is 11.5 Å². The van der Waals surface area contributed by atoms with Gasteiger partial charge in [-0.05, 0) is 24.1 Å². The quantitative estimate of drug-likeness (QED) is 0.142. The highest BCUT2D eigenvalue weighted by Crippen LogP contribution is 2.32. The standard InChI is InChI=1S/C18H21N3O9/c1-8(16(20)24)15(14(19)18(27)30-13(23)6-22)21-10(17(25)26)4-9-2-3-11-12(5-9)29-7-28-11/h2-3,5-6,8,10,14-15,21H,4,7,19H2,1H3,(H2,20,24)(H,25,26)/t8?,10?,14-,15?/m0/s1. The first kappa shape index (κ1) is 22.8. The van der Waals surface area contributed by atoms with Crippen molar-refractivity contribution in [2.45, 2.75) is 31.5 Å². The van der Waals surface area contributed by atoms with Crippen LogP contribution in [0.3, 0.4) is 0 Å². The van der Waals surface area contributed by atoms with Crippen molar-refractivity contribution in [3.8, 4) is 11.5 Å². The first-order valence-electron chi connectivity index (χ1n) is 8.77. The largest absolute Gasteiger partial charge is 0.480 e. The van der Waals surface area contributed by atoms with Gasteiger partial charge in [-0.25, -0.2) is 9.59 Å². The van der Waals surface area contributed by atoms with E-state index >= 15 is 0 Å². The highest BCUT2D eigenvalue weighted by atomic mass is 16.7. The van der Waals surface area contributed by atoms with Crippen LogP contribution in [0.15, 0.2) is 18.2 Å². The van der Waals surface area contributed by atoms with Crippen molar-refractivity contribution in [2.75, 3.05) is 6.79 Å². The SMILES string of the molecule is CC(C(N)=O)C(NC(Cc1ccc2c(c1)OCO2)C(=O)O)[C@H](N)C(=O)OC(=O)C=O. The minimum absolute atomic E-state index is 0.0497. The van der Waals surface area contributed by atoms with Crippen LogP contribution in [0.25, 0.3) is 0 Å². The first-order chi connectivity index (χ1) is 14.1. The monoisotopic (exact) mass is 423 g/mol. The summed E-state index contributed by atoms with van der Waals surface area (Å²) in [6.45, 7) is 1.38. The molecule has 162 valence electrons. The molecule has 1 aliphatic rings. The summed E-state index contributed by atoms with van der Waals surface area (Å²) in [6.07, 6.45) is -0.298. The van der Waals surface area contributed by atoms with Gasteiger partial charge < -0.3 is 30.8 Å². The molecule has 0 saturated heterocycles. The van der Waals surface area contributed by atoms with Gasteiger partial charge in [-0.1, -0.05) is 13.0 Å². The minimum atomic E-state index is -1.66. The third kappa shape index (κ3) is 5.52. The molecule has 1 aliphatic heterocycles. The van der Waals surface area contributed by atoms with Crippen molar-refractivity contribution < 1.29 is 43.3 Å². The number of carbonyl (C=O) groups excluding carboxylic acids is 4. The molecule has 0 fully saturated rings. The molecule has 0 aliphatic carbocycles. The molecule has 0 aromatic heterocycles. The van der Waals surface area contributed by atoms with Crippen LogP contribution in [-0.4, -0.2) is 60.1 Å². The molecule has 30 heavy (non-hydrogen) atoms. The van der Waals surface area contributed by atoms with Crippen molar-refractivity contribution in [3.63, 3.8) is 0 Å². The van der Waals surface area contributed by atoms with Crippen LogP contribution >= 0.6 is 0 Å². The van der Waals surface area contributed by atoms with Crippen LogP contribution < -0.4 is 26.3 Å². The van der Waals surface area contributed by atoms with E-state index in [1.807, 2.05) is 0 Å². The Balaban J connectivity index is 2.22. The number of primary amides is 1. The predicted molar refractivity (Wildman–Crippen MR) is 98.1 cm³/mol. The zero-order valence-electron chi connectivity index (χ0n) is 15.9. The number of carboxylic acids is 1. The lowest BCUT2D eigenvalue weighted by Crippen LogP contribution is -2.60. The fourth-order valence-electron chi connectivity index (χ4n) is 2.83. The Hall–Kier alpha value is -3.51. The number of carboxylic acid groups (broad SMARTS) is 1. The van der Waals surface area contributed by atoms with Gasteiger partial charge in [0, 0.05) is 6.04 Å². The third-order valence-electron chi connectivity index (χ3n) is 4.51. The highest BCUT2D eigenvalue weighted by molar-refractivity contribution is 6.23. The maximum Gasteiger partial charge on any atom is 0.378 e. The van der Waals surface area contributed by atoms with Crippen molar-refractivity contribution in [2.24, 2.45) is 17.4 Å². The number of fused-ring (bicyclic) bond motifs is 1. The number of nitrogens with one attached hydrogen (secondary N) is 1. The van der Waals surface area contributed by atoms with Crippen LogP contribution in [-0.2, 0) is 35.1 Å². The molecule has 6 N–H and O–H groups in total. The Labute approximate surface area is 170 Å². The van der Waals surface area contributed by atoms with Crippen LogP contribution in [0.1, 0.15) is 12.5 Å². The fraction of sp³-hybridized carbons (Fsp3) is 0.389. The van der Waals surface area contributed by atoms with Crippen molar-refractivity contribution in [1.82, 2.24) is 5.32 Å². The van der Waals surface area contributed by atoms with Gasteiger partial charge in [-0.3, -0.25) is 19.7 Å². The Morgan fingerprint density at radius 1 is 1.27 bits per heavy atom. The maximum atomic E-state index is 12.0. The van der Waals surface area contributed by atoms with Crippen LogP contribution in [0.5, 0.6) is 11.5 Å². The lowest BCUT2D eigenvalue weighted by Gasteiger charge is -2.30. The Morgan fingerprint density at radius 2 is 1.93 bits per heavy atom. The van der Waals surface area contributed by atoms with Crippen molar-refractivity contribution in [3.05, 3.63) is 23.8 Å². The van der Waals surface area contributed by atoms with Gasteiger partial charge in [0.1, 0.15) is 12.1 Å².